The lowest BCUT2D eigenvalue weighted by atomic mass is 10.1. The molecule has 0 aliphatic heterocycles. The van der Waals surface area contributed by atoms with Crippen LogP contribution in [-0.4, -0.2) is 24.4 Å². The van der Waals surface area contributed by atoms with Gasteiger partial charge in [-0.1, -0.05) is 13.8 Å². The van der Waals surface area contributed by atoms with Gasteiger partial charge in [0.2, 0.25) is 0 Å². The van der Waals surface area contributed by atoms with Crippen molar-refractivity contribution < 1.29 is 9.18 Å². The third-order valence-electron chi connectivity index (χ3n) is 3.27. The van der Waals surface area contributed by atoms with Crippen LogP contribution in [0.2, 0.25) is 0 Å². The Labute approximate surface area is 122 Å². The summed E-state index contributed by atoms with van der Waals surface area (Å²) in [5.74, 6) is 0.109. The fraction of sp³-hybridized carbons (Fsp3) is 0.400. The molecule has 0 bridgehead atoms. The summed E-state index contributed by atoms with van der Waals surface area (Å²) in [6.07, 6.45) is 0.946. The number of benzene rings is 1. The molecule has 0 fully saturated rings. The van der Waals surface area contributed by atoms with E-state index in [1.165, 1.54) is 23.5 Å². The minimum absolute atomic E-state index is 0.0928. The van der Waals surface area contributed by atoms with Crippen LogP contribution in [0.1, 0.15) is 29.9 Å². The number of nitrogen functional groups attached to an aromatic ring is 1. The quantitative estimate of drug-likeness (QED) is 0.933. The van der Waals surface area contributed by atoms with E-state index in [0.29, 0.717) is 28.4 Å². The minimum Gasteiger partial charge on any atom is -0.397 e. The normalized spacial score (nSPS) is 11.2. The number of rotatable bonds is 4. The van der Waals surface area contributed by atoms with E-state index >= 15 is 0 Å². The molecule has 2 N–H and O–H groups in total. The highest BCUT2D eigenvalue weighted by molar-refractivity contribution is 7.21. The molecule has 0 aliphatic rings. The van der Waals surface area contributed by atoms with Crippen molar-refractivity contribution in [2.24, 2.45) is 5.92 Å². The smallest absolute Gasteiger partial charge is 0.265 e. The maximum Gasteiger partial charge on any atom is 0.265 e. The van der Waals surface area contributed by atoms with Crippen LogP contribution in [0.15, 0.2) is 18.2 Å². The molecule has 2 rings (SSSR count). The molecule has 0 saturated heterocycles. The van der Waals surface area contributed by atoms with E-state index in [0.717, 1.165) is 11.1 Å². The van der Waals surface area contributed by atoms with E-state index < -0.39 is 0 Å². The molecule has 0 spiro atoms. The van der Waals surface area contributed by atoms with Crippen LogP contribution < -0.4 is 5.73 Å². The molecule has 0 aliphatic carbocycles. The van der Waals surface area contributed by atoms with Gasteiger partial charge in [0.05, 0.1) is 5.69 Å². The number of hydrogen-bond donors (Lipinski definition) is 1. The molecule has 0 saturated carbocycles. The summed E-state index contributed by atoms with van der Waals surface area (Å²) < 4.78 is 14.1. The number of nitrogens with two attached hydrogens (primary N) is 1. The van der Waals surface area contributed by atoms with Crippen molar-refractivity contribution in [3.63, 3.8) is 0 Å². The first kappa shape index (κ1) is 14.8. The van der Waals surface area contributed by atoms with Crippen molar-refractivity contribution >= 4 is 33.0 Å². The molecular formula is C15H19FN2OS. The number of amides is 1. The predicted molar refractivity (Wildman–Crippen MR) is 82.6 cm³/mol. The van der Waals surface area contributed by atoms with Crippen LogP contribution in [0.4, 0.5) is 10.1 Å². The standard InChI is InChI=1S/C15H19FN2OS/c1-9(2)6-7-18(3)15(19)14-13(17)11-8-10(16)4-5-12(11)20-14/h4-5,8-9H,6-7,17H2,1-3H3. The molecule has 2 aromatic rings. The van der Waals surface area contributed by atoms with Gasteiger partial charge >= 0.3 is 0 Å². The Bertz CT molecular complexity index is 636. The summed E-state index contributed by atoms with van der Waals surface area (Å²) >= 11 is 1.32. The zero-order chi connectivity index (χ0) is 14.9. The Kier molecular flexibility index (Phi) is 4.28. The fourth-order valence-electron chi connectivity index (χ4n) is 1.97. The van der Waals surface area contributed by atoms with Gasteiger partial charge in [-0.25, -0.2) is 4.39 Å². The van der Waals surface area contributed by atoms with Gasteiger partial charge in [0.15, 0.2) is 0 Å². The van der Waals surface area contributed by atoms with Crippen molar-refractivity contribution in [1.29, 1.82) is 0 Å². The average molecular weight is 294 g/mol. The number of halogens is 1. The SMILES string of the molecule is CC(C)CCN(C)C(=O)c1sc2ccc(F)cc2c1N. The highest BCUT2D eigenvalue weighted by Crippen LogP contribution is 2.34. The molecular weight excluding hydrogens is 275 g/mol. The minimum atomic E-state index is -0.339. The van der Waals surface area contributed by atoms with Crippen LogP contribution in [0.5, 0.6) is 0 Å². The maximum absolute atomic E-state index is 13.2. The first-order chi connectivity index (χ1) is 9.40. The summed E-state index contributed by atoms with van der Waals surface area (Å²) in [4.78, 5) is 14.6. The van der Waals surface area contributed by atoms with E-state index in [2.05, 4.69) is 13.8 Å². The van der Waals surface area contributed by atoms with Crippen LogP contribution >= 0.6 is 11.3 Å². The average Bonchev–Trinajstić information content (AvgIpc) is 2.72. The van der Waals surface area contributed by atoms with Crippen molar-refractivity contribution in [3.8, 4) is 0 Å². The molecule has 5 heteroatoms. The number of anilines is 1. The second-order valence-electron chi connectivity index (χ2n) is 5.39. The molecule has 0 radical (unpaired) electrons. The monoisotopic (exact) mass is 294 g/mol. The lowest BCUT2D eigenvalue weighted by Gasteiger charge is -2.17. The molecule has 108 valence electrons. The lowest BCUT2D eigenvalue weighted by molar-refractivity contribution is 0.0795. The number of nitrogens with zero attached hydrogens (tertiary/aromatic N) is 1. The number of hydrogen-bond acceptors (Lipinski definition) is 3. The van der Waals surface area contributed by atoms with Crippen molar-refractivity contribution in [1.82, 2.24) is 4.90 Å². The predicted octanol–water partition coefficient (Wildman–Crippen LogP) is 3.74. The Morgan fingerprint density at radius 3 is 2.80 bits per heavy atom. The Morgan fingerprint density at radius 2 is 2.15 bits per heavy atom. The van der Waals surface area contributed by atoms with E-state index in [1.54, 1.807) is 18.0 Å². The van der Waals surface area contributed by atoms with Gasteiger partial charge in [-0.05, 0) is 30.5 Å². The zero-order valence-corrected chi connectivity index (χ0v) is 12.8. The van der Waals surface area contributed by atoms with E-state index in [1.807, 2.05) is 0 Å². The molecule has 20 heavy (non-hydrogen) atoms. The van der Waals surface area contributed by atoms with Crippen molar-refractivity contribution in [2.45, 2.75) is 20.3 Å². The van der Waals surface area contributed by atoms with Crippen LogP contribution in [-0.2, 0) is 0 Å². The van der Waals surface area contributed by atoms with Gasteiger partial charge in [-0.2, -0.15) is 0 Å². The van der Waals surface area contributed by atoms with E-state index in [9.17, 15) is 9.18 Å². The molecule has 0 unspecified atom stereocenters. The maximum atomic E-state index is 13.2. The molecule has 1 heterocycles. The van der Waals surface area contributed by atoms with Crippen molar-refractivity contribution in [2.75, 3.05) is 19.3 Å². The number of carbonyl (C=O) groups excluding carboxylic acids is 1. The molecule has 3 nitrogen and oxygen atoms in total. The Balaban J connectivity index is 2.28. The second kappa shape index (κ2) is 5.79. The largest absolute Gasteiger partial charge is 0.397 e. The third kappa shape index (κ3) is 2.93. The lowest BCUT2D eigenvalue weighted by Crippen LogP contribution is -2.28. The van der Waals surface area contributed by atoms with Gasteiger partial charge in [-0.15, -0.1) is 11.3 Å². The van der Waals surface area contributed by atoms with Gasteiger partial charge in [0.1, 0.15) is 10.7 Å². The summed E-state index contributed by atoms with van der Waals surface area (Å²) in [5, 5.41) is 0.621. The highest BCUT2D eigenvalue weighted by atomic mass is 32.1. The van der Waals surface area contributed by atoms with Gasteiger partial charge in [0, 0.05) is 23.7 Å². The van der Waals surface area contributed by atoms with Crippen LogP contribution in [0, 0.1) is 11.7 Å². The Morgan fingerprint density at radius 1 is 1.45 bits per heavy atom. The zero-order valence-electron chi connectivity index (χ0n) is 11.9. The van der Waals surface area contributed by atoms with Gasteiger partial charge < -0.3 is 10.6 Å². The number of carbonyl (C=O) groups is 1. The first-order valence-corrected chi connectivity index (χ1v) is 7.44. The number of thiophene rings is 1. The van der Waals surface area contributed by atoms with Crippen LogP contribution in [0.3, 0.4) is 0 Å². The summed E-state index contributed by atoms with van der Waals surface area (Å²) in [7, 11) is 1.77. The Hall–Kier alpha value is -1.62. The fourth-order valence-corrected chi connectivity index (χ4v) is 3.07. The molecule has 1 aromatic carbocycles. The van der Waals surface area contributed by atoms with Crippen molar-refractivity contribution in [3.05, 3.63) is 28.9 Å². The number of fused-ring (bicyclic) bond motifs is 1. The first-order valence-electron chi connectivity index (χ1n) is 6.63. The second-order valence-corrected chi connectivity index (χ2v) is 6.45. The van der Waals surface area contributed by atoms with Crippen LogP contribution in [0.25, 0.3) is 10.1 Å². The molecule has 0 atom stereocenters. The molecule has 1 aromatic heterocycles. The van der Waals surface area contributed by atoms with E-state index in [-0.39, 0.29) is 11.7 Å². The third-order valence-corrected chi connectivity index (χ3v) is 4.45. The molecule has 1 amide bonds. The van der Waals surface area contributed by atoms with Gasteiger partial charge in [0.25, 0.3) is 5.91 Å². The topological polar surface area (TPSA) is 46.3 Å². The highest BCUT2D eigenvalue weighted by Gasteiger charge is 2.20. The summed E-state index contributed by atoms with van der Waals surface area (Å²) in [6.45, 7) is 4.93. The van der Waals surface area contributed by atoms with Gasteiger partial charge in [-0.3, -0.25) is 4.79 Å². The summed E-state index contributed by atoms with van der Waals surface area (Å²) in [5.41, 5.74) is 6.38. The summed E-state index contributed by atoms with van der Waals surface area (Å²) in [6, 6.07) is 4.43. The van der Waals surface area contributed by atoms with E-state index in [4.69, 9.17) is 5.73 Å².